The van der Waals surface area contributed by atoms with E-state index in [9.17, 15) is 19.5 Å². The van der Waals surface area contributed by atoms with Crippen molar-refractivity contribution in [2.45, 2.75) is 38.8 Å². The van der Waals surface area contributed by atoms with E-state index in [2.05, 4.69) is 15.6 Å². The minimum atomic E-state index is -1.52. The van der Waals surface area contributed by atoms with Gasteiger partial charge in [0.25, 0.3) is 0 Å². The van der Waals surface area contributed by atoms with Crippen LogP contribution in [-0.2, 0) is 14.4 Å². The van der Waals surface area contributed by atoms with E-state index in [1.807, 2.05) is 60.7 Å². The molecular weight excluding hydrogens is 422 g/mol. The van der Waals surface area contributed by atoms with Gasteiger partial charge in [0.2, 0.25) is 11.8 Å². The highest BCUT2D eigenvalue weighted by Crippen LogP contribution is 2.25. The van der Waals surface area contributed by atoms with Crippen molar-refractivity contribution in [2.75, 3.05) is 6.54 Å². The molecule has 1 unspecified atom stereocenters. The van der Waals surface area contributed by atoms with Crippen LogP contribution < -0.4 is 22.1 Å². The fourth-order valence-electron chi connectivity index (χ4n) is 3.16. The van der Waals surface area contributed by atoms with Gasteiger partial charge in [-0.2, -0.15) is 0 Å². The van der Waals surface area contributed by atoms with Gasteiger partial charge in [0.15, 0.2) is 5.96 Å². The Morgan fingerprint density at radius 3 is 1.85 bits per heavy atom. The molecule has 0 aromatic heterocycles. The number of carbonyl (C=O) groups is 3. The zero-order valence-electron chi connectivity index (χ0n) is 18.8. The van der Waals surface area contributed by atoms with E-state index in [0.29, 0.717) is 6.42 Å². The van der Waals surface area contributed by atoms with Crippen LogP contribution in [0.5, 0.6) is 0 Å². The Balaban J connectivity index is 2.14. The molecule has 0 bridgehead atoms. The molecular formula is C24H31N5O4. The van der Waals surface area contributed by atoms with Crippen molar-refractivity contribution in [3.63, 3.8) is 0 Å². The maximum Gasteiger partial charge on any atom is 0.326 e. The summed E-state index contributed by atoms with van der Waals surface area (Å²) in [6.45, 7) is 3.16. The van der Waals surface area contributed by atoms with Crippen LogP contribution >= 0.6 is 0 Å². The summed E-state index contributed by atoms with van der Waals surface area (Å²) in [6, 6.07) is 17.2. The first kappa shape index (κ1) is 25.4. The molecule has 0 saturated heterocycles. The van der Waals surface area contributed by atoms with Crippen LogP contribution in [0.2, 0.25) is 0 Å². The number of hydrogen-bond donors (Lipinski definition) is 5. The molecule has 9 nitrogen and oxygen atoms in total. The van der Waals surface area contributed by atoms with Crippen molar-refractivity contribution in [1.82, 2.24) is 10.6 Å². The van der Waals surface area contributed by atoms with Gasteiger partial charge in [-0.25, -0.2) is 4.79 Å². The Bertz CT molecular complexity index is 933. The average molecular weight is 454 g/mol. The van der Waals surface area contributed by atoms with Crippen LogP contribution in [-0.4, -0.2) is 41.4 Å². The second-order valence-corrected chi connectivity index (χ2v) is 8.17. The second kappa shape index (κ2) is 11.7. The molecule has 2 aromatic carbocycles. The van der Waals surface area contributed by atoms with Gasteiger partial charge in [-0.05, 0) is 37.8 Å². The summed E-state index contributed by atoms with van der Waals surface area (Å²) < 4.78 is 0. The minimum Gasteiger partial charge on any atom is -0.480 e. The lowest BCUT2D eigenvalue weighted by Crippen LogP contribution is -2.52. The molecule has 9 heteroatoms. The van der Waals surface area contributed by atoms with Gasteiger partial charge in [-0.15, -0.1) is 0 Å². The van der Waals surface area contributed by atoms with Crippen molar-refractivity contribution in [3.8, 4) is 0 Å². The highest BCUT2D eigenvalue weighted by molar-refractivity contribution is 6.05. The third kappa shape index (κ3) is 7.34. The lowest BCUT2D eigenvalue weighted by molar-refractivity contribution is -0.147. The average Bonchev–Trinajstić information content (AvgIpc) is 2.79. The predicted octanol–water partition coefficient (Wildman–Crippen LogP) is 1.54. The summed E-state index contributed by atoms with van der Waals surface area (Å²) in [5.74, 6) is -2.50. The number of aliphatic imine (C=N–C) groups is 1. The number of aliphatic carboxylic acids is 1. The molecule has 2 amide bonds. The van der Waals surface area contributed by atoms with Crippen molar-refractivity contribution >= 4 is 23.7 Å². The minimum absolute atomic E-state index is 0.0879. The largest absolute Gasteiger partial charge is 0.480 e. The predicted molar refractivity (Wildman–Crippen MR) is 126 cm³/mol. The van der Waals surface area contributed by atoms with Gasteiger partial charge < -0.3 is 27.2 Å². The first-order chi connectivity index (χ1) is 15.6. The molecule has 0 heterocycles. The monoisotopic (exact) mass is 453 g/mol. The number of nitrogens with one attached hydrogen (secondary N) is 2. The Morgan fingerprint density at radius 2 is 1.39 bits per heavy atom. The van der Waals surface area contributed by atoms with Crippen molar-refractivity contribution in [1.29, 1.82) is 0 Å². The van der Waals surface area contributed by atoms with E-state index in [-0.39, 0.29) is 18.9 Å². The quantitative estimate of drug-likeness (QED) is 0.150. The molecule has 176 valence electrons. The van der Waals surface area contributed by atoms with E-state index in [4.69, 9.17) is 11.5 Å². The third-order valence-electron chi connectivity index (χ3n) is 5.23. The highest BCUT2D eigenvalue weighted by Gasteiger charge is 2.39. The van der Waals surface area contributed by atoms with Gasteiger partial charge >= 0.3 is 5.97 Å². The molecule has 0 spiro atoms. The third-order valence-corrected chi connectivity index (χ3v) is 5.23. The number of benzene rings is 2. The zero-order valence-corrected chi connectivity index (χ0v) is 18.8. The first-order valence-corrected chi connectivity index (χ1v) is 10.6. The number of carboxylic acids is 1. The molecule has 7 N–H and O–H groups in total. The second-order valence-electron chi connectivity index (χ2n) is 8.17. The van der Waals surface area contributed by atoms with Crippen LogP contribution in [0, 0.1) is 5.41 Å². The fraction of sp³-hybridized carbons (Fsp3) is 0.333. The molecule has 0 aliphatic rings. The molecule has 0 aliphatic carbocycles. The van der Waals surface area contributed by atoms with Crippen LogP contribution in [0.4, 0.5) is 0 Å². The van der Waals surface area contributed by atoms with E-state index in [1.54, 1.807) is 0 Å². The summed E-state index contributed by atoms with van der Waals surface area (Å²) in [5.41, 5.74) is 10.7. The van der Waals surface area contributed by atoms with E-state index >= 15 is 0 Å². The van der Waals surface area contributed by atoms with Crippen molar-refractivity contribution in [2.24, 2.45) is 21.9 Å². The Labute approximate surface area is 193 Å². The number of rotatable bonds is 11. The van der Waals surface area contributed by atoms with Crippen molar-refractivity contribution in [3.05, 3.63) is 71.8 Å². The number of hydrogen-bond acceptors (Lipinski definition) is 4. The highest BCUT2D eigenvalue weighted by atomic mass is 16.4. The summed E-state index contributed by atoms with van der Waals surface area (Å²) in [5, 5.41) is 14.9. The van der Waals surface area contributed by atoms with Gasteiger partial charge in [0.05, 0.1) is 6.04 Å². The lowest BCUT2D eigenvalue weighted by Gasteiger charge is -2.28. The summed E-state index contributed by atoms with van der Waals surface area (Å²) in [4.78, 5) is 41.5. The maximum absolute atomic E-state index is 13.2. The molecule has 33 heavy (non-hydrogen) atoms. The van der Waals surface area contributed by atoms with E-state index < -0.39 is 35.3 Å². The summed E-state index contributed by atoms with van der Waals surface area (Å²) in [7, 11) is 0. The number of nitrogens with two attached hydrogens (primary N) is 2. The maximum atomic E-state index is 13.2. The Kier molecular flexibility index (Phi) is 8.97. The molecule has 0 radical (unpaired) electrons. The molecule has 0 fully saturated rings. The molecule has 0 saturated carbocycles. The fourth-order valence-corrected chi connectivity index (χ4v) is 3.16. The Hall–Kier alpha value is -3.88. The number of nitrogens with zero attached hydrogens (tertiary/aromatic N) is 1. The molecule has 2 rings (SSSR count). The Morgan fingerprint density at radius 1 is 0.909 bits per heavy atom. The van der Waals surface area contributed by atoms with Crippen LogP contribution in [0.3, 0.4) is 0 Å². The summed E-state index contributed by atoms with van der Waals surface area (Å²) >= 11 is 0. The van der Waals surface area contributed by atoms with E-state index in [1.165, 1.54) is 13.8 Å². The summed E-state index contributed by atoms with van der Waals surface area (Å²) in [6.07, 6.45) is 0.470. The zero-order chi connectivity index (χ0) is 24.4. The van der Waals surface area contributed by atoms with Gasteiger partial charge in [0, 0.05) is 6.54 Å². The molecule has 0 aliphatic heterocycles. The first-order valence-electron chi connectivity index (χ1n) is 10.6. The van der Waals surface area contributed by atoms with Crippen LogP contribution in [0.15, 0.2) is 65.7 Å². The van der Waals surface area contributed by atoms with Gasteiger partial charge in [0.1, 0.15) is 11.5 Å². The molecule has 2 aromatic rings. The molecule has 1 atom stereocenters. The lowest BCUT2D eigenvalue weighted by atomic mass is 9.88. The van der Waals surface area contributed by atoms with Crippen molar-refractivity contribution < 1.29 is 19.5 Å². The van der Waals surface area contributed by atoms with Gasteiger partial charge in [-0.3, -0.25) is 14.6 Å². The SMILES string of the molecule is CC(C)(C(=O)NC(CCCN=C(N)N)C(=O)O)C(=O)NC(c1ccccc1)c1ccccc1. The smallest absolute Gasteiger partial charge is 0.326 e. The van der Waals surface area contributed by atoms with Gasteiger partial charge in [-0.1, -0.05) is 60.7 Å². The normalized spacial score (nSPS) is 12.0. The standard InChI is InChI=1S/C24H31N5O4/c1-24(2,21(32)28-18(20(30)31)14-9-15-27-23(25)26)22(33)29-19(16-10-5-3-6-11-16)17-12-7-4-8-13-17/h3-8,10-13,18-19H,9,14-15H2,1-2H3,(H,28,32)(H,29,33)(H,30,31)(H4,25,26,27). The number of amides is 2. The number of carboxylic acid groups (broad SMARTS) is 1. The number of carbonyl (C=O) groups excluding carboxylic acids is 2. The topological polar surface area (TPSA) is 160 Å². The van der Waals surface area contributed by atoms with E-state index in [0.717, 1.165) is 11.1 Å². The number of guanidine groups is 1. The van der Waals surface area contributed by atoms with Crippen LogP contribution in [0.25, 0.3) is 0 Å². The van der Waals surface area contributed by atoms with Crippen LogP contribution in [0.1, 0.15) is 43.9 Å².